The molecule has 15 heavy (non-hydrogen) atoms. The summed E-state index contributed by atoms with van der Waals surface area (Å²) >= 11 is 0. The van der Waals surface area contributed by atoms with E-state index in [0.717, 1.165) is 5.69 Å². The molecule has 0 spiro atoms. The number of carbonyl (C=O) groups is 1. The van der Waals surface area contributed by atoms with Crippen molar-refractivity contribution in [2.24, 2.45) is 11.8 Å². The molecular weight excluding hydrogens is 190 g/mol. The third-order valence-electron chi connectivity index (χ3n) is 2.29. The summed E-state index contributed by atoms with van der Waals surface area (Å²) in [5.41, 5.74) is 0.852. The molecule has 0 bridgehead atoms. The van der Waals surface area contributed by atoms with Crippen LogP contribution >= 0.6 is 0 Å². The Kier molecular flexibility index (Phi) is 4.28. The van der Waals surface area contributed by atoms with Gasteiger partial charge >= 0.3 is 5.97 Å². The molecule has 82 valence electrons. The average Bonchev–Trinajstić information content (AvgIpc) is 2.17. The van der Waals surface area contributed by atoms with E-state index in [1.54, 1.807) is 6.20 Å². The lowest BCUT2D eigenvalue weighted by Gasteiger charge is -2.13. The number of nitrogens with zero attached hydrogens (tertiary/aromatic N) is 1. The van der Waals surface area contributed by atoms with E-state index in [2.05, 4.69) is 4.98 Å². The van der Waals surface area contributed by atoms with Crippen molar-refractivity contribution in [3.05, 3.63) is 30.1 Å². The molecule has 3 heteroatoms. The lowest BCUT2D eigenvalue weighted by molar-refractivity contribution is -0.142. The normalized spacial score (nSPS) is 12.7. The van der Waals surface area contributed by atoms with Gasteiger partial charge in [-0.1, -0.05) is 19.9 Å². The Hall–Kier alpha value is -1.38. The van der Waals surface area contributed by atoms with E-state index >= 15 is 0 Å². The van der Waals surface area contributed by atoms with E-state index in [-0.39, 0.29) is 5.92 Å². The molecule has 0 fully saturated rings. The first-order chi connectivity index (χ1) is 7.09. The highest BCUT2D eigenvalue weighted by atomic mass is 16.4. The monoisotopic (exact) mass is 207 g/mol. The van der Waals surface area contributed by atoms with E-state index in [9.17, 15) is 4.79 Å². The fourth-order valence-corrected chi connectivity index (χ4v) is 1.61. The number of carboxylic acids is 1. The SMILES string of the molecule is CC(C)CC(Cc1ccccn1)C(=O)O. The van der Waals surface area contributed by atoms with Crippen LogP contribution < -0.4 is 0 Å². The predicted octanol–water partition coefficient (Wildman–Crippen LogP) is 2.37. The molecular formula is C12H17NO2. The molecule has 1 aromatic heterocycles. The van der Waals surface area contributed by atoms with Crippen LogP contribution in [0.25, 0.3) is 0 Å². The van der Waals surface area contributed by atoms with E-state index in [0.29, 0.717) is 18.8 Å². The van der Waals surface area contributed by atoms with Gasteiger partial charge in [0.05, 0.1) is 5.92 Å². The van der Waals surface area contributed by atoms with E-state index in [1.807, 2.05) is 32.0 Å². The number of pyridine rings is 1. The minimum Gasteiger partial charge on any atom is -0.481 e. The van der Waals surface area contributed by atoms with Crippen LogP contribution in [0.5, 0.6) is 0 Å². The summed E-state index contributed by atoms with van der Waals surface area (Å²) in [4.78, 5) is 15.2. The minimum absolute atomic E-state index is 0.320. The van der Waals surface area contributed by atoms with Gasteiger partial charge in [-0.3, -0.25) is 9.78 Å². The number of aromatic nitrogens is 1. The maximum atomic E-state index is 11.0. The van der Waals surface area contributed by atoms with Crippen LogP contribution in [-0.4, -0.2) is 16.1 Å². The second-order valence-electron chi connectivity index (χ2n) is 4.19. The molecule has 1 heterocycles. The molecule has 0 saturated heterocycles. The van der Waals surface area contributed by atoms with Gasteiger partial charge in [-0.15, -0.1) is 0 Å². The first-order valence-corrected chi connectivity index (χ1v) is 5.22. The van der Waals surface area contributed by atoms with Crippen LogP contribution in [0.1, 0.15) is 26.0 Å². The van der Waals surface area contributed by atoms with Crippen LogP contribution in [0.4, 0.5) is 0 Å². The van der Waals surface area contributed by atoms with Gasteiger partial charge in [0.15, 0.2) is 0 Å². The van der Waals surface area contributed by atoms with Gasteiger partial charge in [-0.2, -0.15) is 0 Å². The van der Waals surface area contributed by atoms with Gasteiger partial charge in [-0.05, 0) is 24.5 Å². The Bertz CT molecular complexity index is 309. The Morgan fingerprint density at radius 2 is 2.20 bits per heavy atom. The van der Waals surface area contributed by atoms with Gasteiger partial charge in [0.25, 0.3) is 0 Å². The highest BCUT2D eigenvalue weighted by Crippen LogP contribution is 2.16. The van der Waals surface area contributed by atoms with E-state index in [4.69, 9.17) is 5.11 Å². The molecule has 1 atom stereocenters. The van der Waals surface area contributed by atoms with Crippen LogP contribution in [0.2, 0.25) is 0 Å². The Morgan fingerprint density at radius 3 is 2.67 bits per heavy atom. The quantitative estimate of drug-likeness (QED) is 0.806. The number of carboxylic acid groups (broad SMARTS) is 1. The van der Waals surface area contributed by atoms with Crippen molar-refractivity contribution in [1.82, 2.24) is 4.98 Å². The lowest BCUT2D eigenvalue weighted by Crippen LogP contribution is -2.19. The van der Waals surface area contributed by atoms with Crippen molar-refractivity contribution < 1.29 is 9.90 Å². The Labute approximate surface area is 90.2 Å². The second-order valence-corrected chi connectivity index (χ2v) is 4.19. The zero-order chi connectivity index (χ0) is 11.3. The maximum absolute atomic E-state index is 11.0. The summed E-state index contributed by atoms with van der Waals surface area (Å²) < 4.78 is 0. The Morgan fingerprint density at radius 1 is 1.47 bits per heavy atom. The number of aliphatic carboxylic acids is 1. The molecule has 0 aliphatic heterocycles. The molecule has 1 aromatic rings. The fourth-order valence-electron chi connectivity index (χ4n) is 1.61. The van der Waals surface area contributed by atoms with Crippen molar-refractivity contribution in [2.45, 2.75) is 26.7 Å². The van der Waals surface area contributed by atoms with Crippen molar-refractivity contribution >= 4 is 5.97 Å². The molecule has 0 aliphatic rings. The number of rotatable bonds is 5. The first kappa shape index (κ1) is 11.7. The van der Waals surface area contributed by atoms with Crippen molar-refractivity contribution in [3.63, 3.8) is 0 Å². The minimum atomic E-state index is -0.727. The largest absolute Gasteiger partial charge is 0.481 e. The highest BCUT2D eigenvalue weighted by Gasteiger charge is 2.19. The van der Waals surface area contributed by atoms with Gasteiger partial charge in [0, 0.05) is 18.3 Å². The number of hydrogen-bond acceptors (Lipinski definition) is 2. The first-order valence-electron chi connectivity index (χ1n) is 5.22. The summed E-state index contributed by atoms with van der Waals surface area (Å²) in [6.07, 6.45) is 2.92. The summed E-state index contributed by atoms with van der Waals surface area (Å²) in [5, 5.41) is 9.06. The lowest BCUT2D eigenvalue weighted by atomic mass is 9.93. The number of hydrogen-bond donors (Lipinski definition) is 1. The maximum Gasteiger partial charge on any atom is 0.306 e. The molecule has 0 saturated carbocycles. The Balaban J connectivity index is 2.63. The van der Waals surface area contributed by atoms with Crippen molar-refractivity contribution in [2.75, 3.05) is 0 Å². The topological polar surface area (TPSA) is 50.2 Å². The summed E-state index contributed by atoms with van der Waals surface area (Å²) in [5.74, 6) is -0.649. The zero-order valence-electron chi connectivity index (χ0n) is 9.18. The molecule has 1 rings (SSSR count). The van der Waals surface area contributed by atoms with Crippen LogP contribution in [-0.2, 0) is 11.2 Å². The fraction of sp³-hybridized carbons (Fsp3) is 0.500. The average molecular weight is 207 g/mol. The van der Waals surface area contributed by atoms with Crippen LogP contribution in [0.3, 0.4) is 0 Å². The van der Waals surface area contributed by atoms with Crippen LogP contribution in [0.15, 0.2) is 24.4 Å². The molecule has 0 aromatic carbocycles. The molecule has 1 N–H and O–H groups in total. The third kappa shape index (κ3) is 4.11. The van der Waals surface area contributed by atoms with Crippen molar-refractivity contribution in [3.8, 4) is 0 Å². The zero-order valence-corrected chi connectivity index (χ0v) is 9.18. The summed E-state index contributed by atoms with van der Waals surface area (Å²) in [7, 11) is 0. The summed E-state index contributed by atoms with van der Waals surface area (Å²) in [6.45, 7) is 4.07. The van der Waals surface area contributed by atoms with Gasteiger partial charge in [0.2, 0.25) is 0 Å². The van der Waals surface area contributed by atoms with Gasteiger partial charge < -0.3 is 5.11 Å². The second kappa shape index (κ2) is 5.49. The smallest absolute Gasteiger partial charge is 0.306 e. The molecule has 3 nitrogen and oxygen atoms in total. The molecule has 0 radical (unpaired) electrons. The molecule has 0 aliphatic carbocycles. The summed E-state index contributed by atoms with van der Waals surface area (Å²) in [6, 6.07) is 5.59. The van der Waals surface area contributed by atoms with Gasteiger partial charge in [-0.25, -0.2) is 0 Å². The third-order valence-corrected chi connectivity index (χ3v) is 2.29. The van der Waals surface area contributed by atoms with Crippen LogP contribution in [0, 0.1) is 11.8 Å². The predicted molar refractivity (Wildman–Crippen MR) is 58.5 cm³/mol. The molecule has 1 unspecified atom stereocenters. The van der Waals surface area contributed by atoms with E-state index < -0.39 is 5.97 Å². The molecule has 0 amide bonds. The highest BCUT2D eigenvalue weighted by molar-refractivity contribution is 5.70. The standard InChI is InChI=1S/C12H17NO2/c1-9(2)7-10(12(14)15)8-11-5-3-4-6-13-11/h3-6,9-10H,7-8H2,1-2H3,(H,14,15). The van der Waals surface area contributed by atoms with E-state index in [1.165, 1.54) is 0 Å². The van der Waals surface area contributed by atoms with Gasteiger partial charge in [0.1, 0.15) is 0 Å². The van der Waals surface area contributed by atoms with Crippen molar-refractivity contribution in [1.29, 1.82) is 0 Å².